The van der Waals surface area contributed by atoms with Crippen LogP contribution in [0.15, 0.2) is 18.3 Å². The van der Waals surface area contributed by atoms with Gasteiger partial charge in [-0.15, -0.1) is 0 Å². The smallest absolute Gasteiger partial charge is 0.414 e. The summed E-state index contributed by atoms with van der Waals surface area (Å²) in [7, 11) is 5.58. The van der Waals surface area contributed by atoms with Gasteiger partial charge in [0.1, 0.15) is 12.2 Å². The van der Waals surface area contributed by atoms with Crippen molar-refractivity contribution in [1.29, 1.82) is 0 Å². The van der Waals surface area contributed by atoms with Gasteiger partial charge in [0, 0.05) is 20.3 Å². The number of aromatic nitrogens is 1. The van der Waals surface area contributed by atoms with Crippen molar-refractivity contribution < 1.29 is 31.0 Å². The van der Waals surface area contributed by atoms with E-state index >= 15 is 0 Å². The third kappa shape index (κ3) is 6.32. The van der Waals surface area contributed by atoms with Crippen LogP contribution in [-0.2, 0) is 6.54 Å². The van der Waals surface area contributed by atoms with Gasteiger partial charge >= 0.3 is 6.09 Å². The van der Waals surface area contributed by atoms with E-state index in [0.29, 0.717) is 5.75 Å². The van der Waals surface area contributed by atoms with Gasteiger partial charge in [0.05, 0.1) is 20.1 Å². The number of quaternary nitrogens is 1. The SMILES string of the molecule is CCC[N+](C)(CCC)Cc1ncccc1OC(=O)N(C)C.[Br-]. The van der Waals surface area contributed by atoms with Crippen LogP contribution >= 0.6 is 0 Å². The molecule has 1 aromatic rings. The minimum absolute atomic E-state index is 0. The number of nitrogens with zero attached hydrogens (tertiary/aromatic N) is 3. The molecule has 1 aromatic heterocycles. The molecular formula is C16H28BrN3O2. The highest BCUT2D eigenvalue weighted by Gasteiger charge is 2.24. The number of amides is 1. The second-order valence-electron chi connectivity index (χ2n) is 5.94. The zero-order chi connectivity index (χ0) is 15.9. The second kappa shape index (κ2) is 9.79. The lowest BCUT2D eigenvalue weighted by Crippen LogP contribution is -3.00. The number of halogens is 1. The first-order valence-electron chi connectivity index (χ1n) is 7.58. The fourth-order valence-electron chi connectivity index (χ4n) is 2.53. The molecule has 0 saturated carbocycles. The van der Waals surface area contributed by atoms with E-state index in [1.54, 1.807) is 26.4 Å². The standard InChI is InChI=1S/C16H28N3O2.BrH/c1-6-11-19(5,12-7-2)13-14-15(9-8-10-17-14)21-16(20)18(3)4;/h8-10H,6-7,11-13H2,1-5H3;1H/q+1;/p-1. The van der Waals surface area contributed by atoms with E-state index < -0.39 is 0 Å². The summed E-state index contributed by atoms with van der Waals surface area (Å²) >= 11 is 0. The van der Waals surface area contributed by atoms with Gasteiger partial charge < -0.3 is 31.1 Å². The summed E-state index contributed by atoms with van der Waals surface area (Å²) in [5.74, 6) is 0.563. The summed E-state index contributed by atoms with van der Waals surface area (Å²) in [6.07, 6.45) is 3.63. The van der Waals surface area contributed by atoms with Gasteiger partial charge in [0.15, 0.2) is 5.75 Å². The number of carbonyl (C=O) groups is 1. The second-order valence-corrected chi connectivity index (χ2v) is 5.94. The Morgan fingerprint density at radius 1 is 1.27 bits per heavy atom. The van der Waals surface area contributed by atoms with Crippen LogP contribution in [0.2, 0.25) is 0 Å². The first-order chi connectivity index (χ1) is 9.91. The van der Waals surface area contributed by atoms with E-state index in [1.807, 2.05) is 6.07 Å². The minimum atomic E-state index is -0.371. The molecule has 1 rings (SSSR count). The number of carbonyl (C=O) groups excluding carboxylic acids is 1. The van der Waals surface area contributed by atoms with Crippen molar-refractivity contribution in [2.45, 2.75) is 33.2 Å². The number of rotatable bonds is 7. The molecule has 0 aliphatic carbocycles. The molecule has 0 unspecified atom stereocenters. The summed E-state index contributed by atoms with van der Waals surface area (Å²) in [6, 6.07) is 3.61. The van der Waals surface area contributed by atoms with Gasteiger partial charge in [-0.1, -0.05) is 13.8 Å². The molecule has 0 fully saturated rings. The van der Waals surface area contributed by atoms with Crippen molar-refractivity contribution in [1.82, 2.24) is 9.88 Å². The molecule has 5 nitrogen and oxygen atoms in total. The highest BCUT2D eigenvalue weighted by atomic mass is 79.9. The molecule has 126 valence electrons. The van der Waals surface area contributed by atoms with Gasteiger partial charge in [-0.25, -0.2) is 4.79 Å². The molecule has 0 aliphatic rings. The highest BCUT2D eigenvalue weighted by molar-refractivity contribution is 5.70. The Labute approximate surface area is 144 Å². The quantitative estimate of drug-likeness (QED) is 0.627. The van der Waals surface area contributed by atoms with Crippen molar-refractivity contribution in [2.24, 2.45) is 0 Å². The van der Waals surface area contributed by atoms with Crippen LogP contribution in [0.4, 0.5) is 4.79 Å². The Kier molecular flexibility index (Phi) is 9.28. The van der Waals surface area contributed by atoms with E-state index in [9.17, 15) is 4.79 Å². The molecule has 22 heavy (non-hydrogen) atoms. The van der Waals surface area contributed by atoms with E-state index in [4.69, 9.17) is 4.74 Å². The Balaban J connectivity index is 0.00000441. The highest BCUT2D eigenvalue weighted by Crippen LogP contribution is 2.21. The van der Waals surface area contributed by atoms with Gasteiger partial charge in [-0.3, -0.25) is 4.98 Å². The number of hydrogen-bond donors (Lipinski definition) is 0. The average Bonchev–Trinajstić information content (AvgIpc) is 2.41. The first-order valence-corrected chi connectivity index (χ1v) is 7.58. The van der Waals surface area contributed by atoms with E-state index in [1.165, 1.54) is 4.90 Å². The van der Waals surface area contributed by atoms with Crippen molar-refractivity contribution in [3.8, 4) is 5.75 Å². The fraction of sp³-hybridized carbons (Fsp3) is 0.625. The molecule has 0 radical (unpaired) electrons. The predicted molar refractivity (Wildman–Crippen MR) is 84.2 cm³/mol. The monoisotopic (exact) mass is 373 g/mol. The average molecular weight is 374 g/mol. The van der Waals surface area contributed by atoms with Crippen LogP contribution in [0.3, 0.4) is 0 Å². The number of pyridine rings is 1. The molecule has 0 bridgehead atoms. The lowest BCUT2D eigenvalue weighted by atomic mass is 10.2. The molecule has 6 heteroatoms. The van der Waals surface area contributed by atoms with Gasteiger partial charge in [-0.2, -0.15) is 0 Å². The maximum Gasteiger partial charge on any atom is 0.414 e. The summed E-state index contributed by atoms with van der Waals surface area (Å²) in [5.41, 5.74) is 0.845. The molecule has 0 atom stereocenters. The molecule has 0 saturated heterocycles. The van der Waals surface area contributed by atoms with E-state index in [2.05, 4.69) is 25.9 Å². The Hall–Kier alpha value is -1.14. The van der Waals surface area contributed by atoms with Crippen LogP contribution in [-0.4, -0.2) is 54.7 Å². The van der Waals surface area contributed by atoms with Crippen LogP contribution in [0.25, 0.3) is 0 Å². The molecule has 1 heterocycles. The number of ether oxygens (including phenoxy) is 1. The summed E-state index contributed by atoms with van der Waals surface area (Å²) < 4.78 is 6.34. The van der Waals surface area contributed by atoms with Gasteiger partial charge in [-0.05, 0) is 25.0 Å². The Morgan fingerprint density at radius 2 is 1.86 bits per heavy atom. The van der Waals surface area contributed by atoms with Crippen molar-refractivity contribution in [2.75, 3.05) is 34.2 Å². The Bertz CT molecular complexity index is 460. The third-order valence-corrected chi connectivity index (χ3v) is 3.47. The first kappa shape index (κ1) is 20.9. The predicted octanol–water partition coefficient (Wildman–Crippen LogP) is -0.0874. The van der Waals surface area contributed by atoms with Crippen molar-refractivity contribution in [3.63, 3.8) is 0 Å². The maximum atomic E-state index is 11.8. The largest absolute Gasteiger partial charge is 1.00 e. The van der Waals surface area contributed by atoms with Crippen LogP contribution < -0.4 is 21.7 Å². The van der Waals surface area contributed by atoms with Gasteiger partial charge in [0.2, 0.25) is 0 Å². The van der Waals surface area contributed by atoms with Crippen molar-refractivity contribution >= 4 is 6.09 Å². The van der Waals surface area contributed by atoms with Gasteiger partial charge in [0.25, 0.3) is 0 Å². The topological polar surface area (TPSA) is 42.4 Å². The summed E-state index contributed by atoms with van der Waals surface area (Å²) in [4.78, 5) is 17.6. The van der Waals surface area contributed by atoms with E-state index in [0.717, 1.165) is 42.7 Å². The molecule has 0 aliphatic heterocycles. The molecule has 0 N–H and O–H groups in total. The molecule has 0 spiro atoms. The fourth-order valence-corrected chi connectivity index (χ4v) is 2.53. The zero-order valence-electron chi connectivity index (χ0n) is 14.3. The van der Waals surface area contributed by atoms with E-state index in [-0.39, 0.29) is 23.1 Å². The molecule has 1 amide bonds. The van der Waals surface area contributed by atoms with Crippen LogP contribution in [0.1, 0.15) is 32.4 Å². The normalized spacial score (nSPS) is 10.8. The number of hydrogen-bond acceptors (Lipinski definition) is 3. The third-order valence-electron chi connectivity index (χ3n) is 3.47. The molecular weight excluding hydrogens is 346 g/mol. The van der Waals surface area contributed by atoms with Crippen LogP contribution in [0.5, 0.6) is 5.75 Å². The molecule has 0 aromatic carbocycles. The van der Waals surface area contributed by atoms with Crippen molar-refractivity contribution in [3.05, 3.63) is 24.0 Å². The lowest BCUT2D eigenvalue weighted by Gasteiger charge is -2.34. The maximum absolute atomic E-state index is 11.8. The zero-order valence-corrected chi connectivity index (χ0v) is 15.9. The Morgan fingerprint density at radius 3 is 2.36 bits per heavy atom. The summed E-state index contributed by atoms with van der Waals surface area (Å²) in [5, 5.41) is 0. The minimum Gasteiger partial charge on any atom is -1.00 e. The lowest BCUT2D eigenvalue weighted by molar-refractivity contribution is -0.923. The summed E-state index contributed by atoms with van der Waals surface area (Å²) in [6.45, 7) is 7.34. The van der Waals surface area contributed by atoms with Crippen LogP contribution in [0, 0.1) is 0 Å².